The maximum absolute atomic E-state index is 9.73. The summed E-state index contributed by atoms with van der Waals surface area (Å²) in [5.41, 5.74) is 0. The molecule has 5 heteroatoms. The van der Waals surface area contributed by atoms with Crippen molar-refractivity contribution < 1.29 is 14.6 Å². The highest BCUT2D eigenvalue weighted by Crippen LogP contribution is 2.11. The van der Waals surface area contributed by atoms with Gasteiger partial charge >= 0.3 is 0 Å². The average Bonchev–Trinajstić information content (AvgIpc) is 2.86. The third-order valence-corrected chi connectivity index (χ3v) is 3.23. The lowest BCUT2D eigenvalue weighted by Gasteiger charge is -2.15. The van der Waals surface area contributed by atoms with Crippen LogP contribution >= 0.6 is 0 Å². The van der Waals surface area contributed by atoms with E-state index in [0.29, 0.717) is 19.8 Å². The molecule has 2 atom stereocenters. The first-order valence-electron chi connectivity index (χ1n) is 7.41. The van der Waals surface area contributed by atoms with E-state index in [1.165, 1.54) is 6.42 Å². The predicted molar refractivity (Wildman–Crippen MR) is 76.5 cm³/mol. The fourth-order valence-corrected chi connectivity index (χ4v) is 2.12. The molecule has 1 fully saturated rings. The molecular weight excluding hydrogens is 244 g/mol. The molecule has 0 aromatic rings. The minimum Gasteiger partial charge on any atom is -0.389 e. The topological polar surface area (TPSA) is 54.0 Å². The largest absolute Gasteiger partial charge is 0.389 e. The number of ether oxygens (including phenoxy) is 2. The Labute approximate surface area is 117 Å². The minimum absolute atomic E-state index is 0.242. The molecule has 0 spiro atoms. The number of aliphatic hydroxyl groups excluding tert-OH is 1. The van der Waals surface area contributed by atoms with E-state index < -0.39 is 6.10 Å². The SMILES string of the molecule is CN(C)CCCCNCC(O)COCC1CCCO1. The summed E-state index contributed by atoms with van der Waals surface area (Å²) < 4.78 is 10.9. The van der Waals surface area contributed by atoms with Gasteiger partial charge in [-0.2, -0.15) is 0 Å². The maximum Gasteiger partial charge on any atom is 0.0897 e. The lowest BCUT2D eigenvalue weighted by Crippen LogP contribution is -2.32. The molecule has 0 bridgehead atoms. The summed E-state index contributed by atoms with van der Waals surface area (Å²) in [5, 5.41) is 13.0. The molecular formula is C14H30N2O3. The number of rotatable bonds is 11. The molecule has 0 aliphatic carbocycles. The van der Waals surface area contributed by atoms with Gasteiger partial charge < -0.3 is 24.8 Å². The van der Waals surface area contributed by atoms with Crippen molar-refractivity contribution in [3.63, 3.8) is 0 Å². The average molecular weight is 274 g/mol. The molecule has 0 saturated carbocycles. The van der Waals surface area contributed by atoms with Crippen molar-refractivity contribution in [1.29, 1.82) is 0 Å². The van der Waals surface area contributed by atoms with Gasteiger partial charge in [0.1, 0.15) is 0 Å². The Hall–Kier alpha value is -0.200. The number of hydrogen-bond donors (Lipinski definition) is 2. The van der Waals surface area contributed by atoms with Crippen LogP contribution in [0, 0.1) is 0 Å². The number of nitrogens with zero attached hydrogens (tertiary/aromatic N) is 1. The molecule has 1 saturated heterocycles. The van der Waals surface area contributed by atoms with Crippen molar-refractivity contribution in [1.82, 2.24) is 10.2 Å². The third kappa shape index (κ3) is 9.35. The van der Waals surface area contributed by atoms with Crippen LogP contribution < -0.4 is 5.32 Å². The highest BCUT2D eigenvalue weighted by atomic mass is 16.5. The fourth-order valence-electron chi connectivity index (χ4n) is 2.12. The first-order chi connectivity index (χ1) is 9.18. The third-order valence-electron chi connectivity index (χ3n) is 3.23. The Morgan fingerprint density at radius 3 is 2.95 bits per heavy atom. The molecule has 1 aliphatic heterocycles. The number of unbranched alkanes of at least 4 members (excludes halogenated alkanes) is 1. The summed E-state index contributed by atoms with van der Waals surface area (Å²) in [6, 6.07) is 0. The molecule has 114 valence electrons. The second-order valence-electron chi connectivity index (χ2n) is 5.54. The lowest BCUT2D eigenvalue weighted by atomic mass is 10.2. The van der Waals surface area contributed by atoms with E-state index in [1.807, 2.05) is 0 Å². The van der Waals surface area contributed by atoms with Gasteiger partial charge in [0.15, 0.2) is 0 Å². The summed E-state index contributed by atoms with van der Waals surface area (Å²) >= 11 is 0. The van der Waals surface area contributed by atoms with Gasteiger partial charge in [-0.25, -0.2) is 0 Å². The fraction of sp³-hybridized carbons (Fsp3) is 1.00. The van der Waals surface area contributed by atoms with Gasteiger partial charge in [0.2, 0.25) is 0 Å². The van der Waals surface area contributed by atoms with Crippen LogP contribution in [0.2, 0.25) is 0 Å². The van der Waals surface area contributed by atoms with Crippen LogP contribution in [0.3, 0.4) is 0 Å². The van der Waals surface area contributed by atoms with Crippen LogP contribution in [0.25, 0.3) is 0 Å². The monoisotopic (exact) mass is 274 g/mol. The lowest BCUT2D eigenvalue weighted by molar-refractivity contribution is -0.0163. The summed E-state index contributed by atoms with van der Waals surface area (Å²) in [6.07, 6.45) is 4.36. The van der Waals surface area contributed by atoms with Crippen molar-refractivity contribution in [3.05, 3.63) is 0 Å². The molecule has 2 unspecified atom stereocenters. The van der Waals surface area contributed by atoms with Gasteiger partial charge in [0.05, 0.1) is 25.4 Å². The van der Waals surface area contributed by atoms with E-state index in [0.717, 1.165) is 39.0 Å². The molecule has 0 amide bonds. The quantitative estimate of drug-likeness (QED) is 0.537. The molecule has 0 aromatic carbocycles. The van der Waals surface area contributed by atoms with Crippen molar-refractivity contribution in [3.8, 4) is 0 Å². The Kier molecular flexibility index (Phi) is 9.38. The Bertz CT molecular complexity index is 209. The molecule has 0 radical (unpaired) electrons. The van der Waals surface area contributed by atoms with Crippen LogP contribution in [-0.2, 0) is 9.47 Å². The summed E-state index contributed by atoms with van der Waals surface area (Å²) in [4.78, 5) is 2.19. The van der Waals surface area contributed by atoms with E-state index in [-0.39, 0.29) is 6.10 Å². The maximum atomic E-state index is 9.73. The molecule has 2 N–H and O–H groups in total. The summed E-state index contributed by atoms with van der Waals surface area (Å²) in [7, 11) is 4.17. The van der Waals surface area contributed by atoms with Gasteiger partial charge in [-0.3, -0.25) is 0 Å². The van der Waals surface area contributed by atoms with Crippen LogP contribution in [0.4, 0.5) is 0 Å². The number of nitrogens with one attached hydrogen (secondary N) is 1. The second-order valence-corrected chi connectivity index (χ2v) is 5.54. The first kappa shape index (κ1) is 16.9. The van der Waals surface area contributed by atoms with Crippen LogP contribution in [0.15, 0.2) is 0 Å². The van der Waals surface area contributed by atoms with Crippen molar-refractivity contribution in [2.75, 3.05) is 53.6 Å². The van der Waals surface area contributed by atoms with Crippen molar-refractivity contribution >= 4 is 0 Å². The zero-order valence-electron chi connectivity index (χ0n) is 12.4. The van der Waals surface area contributed by atoms with Gasteiger partial charge in [-0.1, -0.05) is 0 Å². The zero-order valence-corrected chi connectivity index (χ0v) is 12.4. The molecule has 1 aliphatic rings. The minimum atomic E-state index is -0.421. The standard InChI is InChI=1S/C14H30N2O3/c1-16(2)8-4-3-7-15-10-13(17)11-18-12-14-6-5-9-19-14/h13-15,17H,3-12H2,1-2H3. The Morgan fingerprint density at radius 1 is 1.42 bits per heavy atom. The summed E-state index contributed by atoms with van der Waals surface area (Å²) in [5.74, 6) is 0. The highest BCUT2D eigenvalue weighted by Gasteiger charge is 2.15. The number of aliphatic hydroxyl groups is 1. The Morgan fingerprint density at radius 2 is 2.26 bits per heavy atom. The smallest absolute Gasteiger partial charge is 0.0897 e. The van der Waals surface area contributed by atoms with Crippen molar-refractivity contribution in [2.45, 2.75) is 37.9 Å². The van der Waals surface area contributed by atoms with Gasteiger partial charge in [-0.05, 0) is 52.9 Å². The van der Waals surface area contributed by atoms with E-state index in [2.05, 4.69) is 24.3 Å². The highest BCUT2D eigenvalue weighted by molar-refractivity contribution is 4.65. The molecule has 5 nitrogen and oxygen atoms in total. The predicted octanol–water partition coefficient (Wildman–Crippen LogP) is 0.474. The molecule has 19 heavy (non-hydrogen) atoms. The zero-order chi connectivity index (χ0) is 13.9. The molecule has 0 aromatic heterocycles. The number of hydrogen-bond acceptors (Lipinski definition) is 5. The normalized spacial score (nSPS) is 21.2. The molecule has 1 rings (SSSR count). The van der Waals surface area contributed by atoms with E-state index in [9.17, 15) is 5.11 Å². The van der Waals surface area contributed by atoms with Crippen LogP contribution in [0.5, 0.6) is 0 Å². The van der Waals surface area contributed by atoms with Gasteiger partial charge in [0, 0.05) is 13.2 Å². The molecule has 1 heterocycles. The van der Waals surface area contributed by atoms with Crippen LogP contribution in [0.1, 0.15) is 25.7 Å². The van der Waals surface area contributed by atoms with Crippen LogP contribution in [-0.4, -0.2) is 75.8 Å². The first-order valence-corrected chi connectivity index (χ1v) is 7.41. The van der Waals surface area contributed by atoms with E-state index in [1.54, 1.807) is 0 Å². The van der Waals surface area contributed by atoms with Gasteiger partial charge in [0.25, 0.3) is 0 Å². The van der Waals surface area contributed by atoms with E-state index >= 15 is 0 Å². The van der Waals surface area contributed by atoms with Gasteiger partial charge in [-0.15, -0.1) is 0 Å². The summed E-state index contributed by atoms with van der Waals surface area (Å²) in [6.45, 7) is 4.54. The Balaban J connectivity index is 1.83. The van der Waals surface area contributed by atoms with Crippen molar-refractivity contribution in [2.24, 2.45) is 0 Å². The second kappa shape index (κ2) is 10.6. The van der Waals surface area contributed by atoms with E-state index in [4.69, 9.17) is 9.47 Å².